The highest BCUT2D eigenvalue weighted by Gasteiger charge is 2.22. The number of furan rings is 2. The molecule has 3 heterocycles. The molecule has 1 aliphatic carbocycles. The van der Waals surface area contributed by atoms with Gasteiger partial charge in [-0.05, 0) is 87.5 Å². The molecule has 1 aliphatic rings. The molecule has 0 aliphatic heterocycles. The number of allylic oxidation sites excluding steroid dienone is 1. The molecule has 272 valence electrons. The van der Waals surface area contributed by atoms with Crippen molar-refractivity contribution in [2.45, 2.75) is 12.3 Å². The van der Waals surface area contributed by atoms with E-state index in [0.29, 0.717) is 17.5 Å². The van der Waals surface area contributed by atoms with Gasteiger partial charge >= 0.3 is 0 Å². The van der Waals surface area contributed by atoms with Crippen molar-refractivity contribution in [2.75, 3.05) is 0 Å². The second kappa shape index (κ2) is 13.0. The number of hydrogen-bond donors (Lipinski definition) is 0. The monoisotopic (exact) mass is 743 g/mol. The van der Waals surface area contributed by atoms with Crippen LogP contribution in [0.2, 0.25) is 0 Å². The third-order valence-electron chi connectivity index (χ3n) is 11.7. The summed E-state index contributed by atoms with van der Waals surface area (Å²) in [5.74, 6) is 2.04. The van der Waals surface area contributed by atoms with Gasteiger partial charge in [0.2, 0.25) is 0 Å². The van der Waals surface area contributed by atoms with Gasteiger partial charge in [-0.15, -0.1) is 0 Å². The summed E-state index contributed by atoms with van der Waals surface area (Å²) in [7, 11) is 0. The van der Waals surface area contributed by atoms with Gasteiger partial charge in [0.1, 0.15) is 22.3 Å². The lowest BCUT2D eigenvalue weighted by Crippen LogP contribution is -2.06. The zero-order valence-corrected chi connectivity index (χ0v) is 31.3. The minimum Gasteiger partial charge on any atom is -0.456 e. The molecule has 1 atom stereocenters. The third-order valence-corrected chi connectivity index (χ3v) is 11.7. The molecule has 11 aromatic rings. The van der Waals surface area contributed by atoms with Crippen molar-refractivity contribution >= 4 is 60.7 Å². The second-order valence-corrected chi connectivity index (χ2v) is 15.1. The Morgan fingerprint density at radius 1 is 0.431 bits per heavy atom. The van der Waals surface area contributed by atoms with E-state index in [1.54, 1.807) is 0 Å². The van der Waals surface area contributed by atoms with Crippen LogP contribution in [-0.2, 0) is 6.42 Å². The standard InChI is InChI=1S/C53H33N3O2/c1-2-13-33-28-35(27-26-32(33)12-1)34-15-9-16-37(29-34)51-54-52(56-53(55-51)43-21-11-25-48-50(43)42-19-6-8-23-46(42)58-48)38-30-36-14-3-4-17-39(36)44(31-38)40-20-10-24-47-49(40)41-18-5-7-22-45(41)57-47/h1-27,29-31,35H,28H2. The molecule has 0 spiro atoms. The molecule has 1 unspecified atom stereocenters. The molecule has 0 amide bonds. The highest BCUT2D eigenvalue weighted by Crippen LogP contribution is 2.42. The van der Waals surface area contributed by atoms with E-state index in [4.69, 9.17) is 23.8 Å². The molecule has 0 N–H and O–H groups in total. The summed E-state index contributed by atoms with van der Waals surface area (Å²) in [6.07, 6.45) is 5.50. The van der Waals surface area contributed by atoms with Crippen LogP contribution in [0.5, 0.6) is 0 Å². The van der Waals surface area contributed by atoms with E-state index in [2.05, 4.69) is 133 Å². The maximum atomic E-state index is 6.36. The van der Waals surface area contributed by atoms with Crippen LogP contribution in [-0.4, -0.2) is 15.0 Å². The van der Waals surface area contributed by atoms with Crippen molar-refractivity contribution in [1.82, 2.24) is 15.0 Å². The van der Waals surface area contributed by atoms with Gasteiger partial charge in [0.25, 0.3) is 0 Å². The number of nitrogens with zero attached hydrogens (tertiary/aromatic N) is 3. The first-order valence-electron chi connectivity index (χ1n) is 19.7. The number of para-hydroxylation sites is 2. The normalized spacial score (nSPS) is 13.9. The van der Waals surface area contributed by atoms with Crippen LogP contribution in [0.4, 0.5) is 0 Å². The van der Waals surface area contributed by atoms with Crippen LogP contribution in [0.25, 0.3) is 106 Å². The molecule has 58 heavy (non-hydrogen) atoms. The van der Waals surface area contributed by atoms with Crippen LogP contribution in [0, 0.1) is 0 Å². The Hall–Kier alpha value is -7.63. The lowest BCUT2D eigenvalue weighted by atomic mass is 9.85. The Morgan fingerprint density at radius 3 is 1.83 bits per heavy atom. The second-order valence-electron chi connectivity index (χ2n) is 15.1. The molecular weight excluding hydrogens is 711 g/mol. The van der Waals surface area contributed by atoms with Crippen molar-refractivity contribution < 1.29 is 8.83 Å². The fraction of sp³-hybridized carbons (Fsp3) is 0.0377. The number of benzene rings is 8. The summed E-state index contributed by atoms with van der Waals surface area (Å²) in [6.45, 7) is 0. The molecule has 12 rings (SSSR count). The number of aromatic nitrogens is 3. The molecule has 0 saturated carbocycles. The van der Waals surface area contributed by atoms with Gasteiger partial charge in [0.15, 0.2) is 17.5 Å². The van der Waals surface area contributed by atoms with Gasteiger partial charge in [-0.2, -0.15) is 0 Å². The quantitative estimate of drug-likeness (QED) is 0.176. The van der Waals surface area contributed by atoms with E-state index in [9.17, 15) is 0 Å². The van der Waals surface area contributed by atoms with E-state index in [0.717, 1.165) is 88.9 Å². The smallest absolute Gasteiger partial charge is 0.164 e. The topological polar surface area (TPSA) is 65.0 Å². The Kier molecular flexibility index (Phi) is 7.29. The number of fused-ring (bicyclic) bond motifs is 8. The van der Waals surface area contributed by atoms with Crippen molar-refractivity contribution in [3.05, 3.63) is 193 Å². The zero-order chi connectivity index (χ0) is 38.2. The Morgan fingerprint density at radius 2 is 1.03 bits per heavy atom. The van der Waals surface area contributed by atoms with Crippen molar-refractivity contribution in [2.24, 2.45) is 0 Å². The average molecular weight is 744 g/mol. The first kappa shape index (κ1) is 32.6. The third kappa shape index (κ3) is 5.28. The molecule has 0 fully saturated rings. The summed E-state index contributed by atoms with van der Waals surface area (Å²) in [5.41, 5.74) is 12.1. The fourth-order valence-corrected chi connectivity index (χ4v) is 8.92. The first-order valence-corrected chi connectivity index (χ1v) is 19.7. The Balaban J connectivity index is 1.09. The number of rotatable bonds is 5. The summed E-state index contributed by atoms with van der Waals surface area (Å²) in [5, 5.41) is 6.42. The van der Waals surface area contributed by atoms with E-state index in [1.807, 2.05) is 48.5 Å². The Bertz CT molecular complexity index is 3460. The molecule has 0 bridgehead atoms. The van der Waals surface area contributed by atoms with Crippen LogP contribution < -0.4 is 0 Å². The summed E-state index contributed by atoms with van der Waals surface area (Å²) in [6, 6.07) is 59.1. The lowest BCUT2D eigenvalue weighted by Gasteiger charge is -2.20. The van der Waals surface area contributed by atoms with Crippen molar-refractivity contribution in [1.29, 1.82) is 0 Å². The van der Waals surface area contributed by atoms with Crippen molar-refractivity contribution in [3.63, 3.8) is 0 Å². The van der Waals surface area contributed by atoms with Gasteiger partial charge in [-0.1, -0.05) is 140 Å². The molecule has 5 heteroatoms. The fourth-order valence-electron chi connectivity index (χ4n) is 8.92. The highest BCUT2D eigenvalue weighted by atomic mass is 16.3. The summed E-state index contributed by atoms with van der Waals surface area (Å²) >= 11 is 0. The SMILES string of the molecule is C1=CC(c2cccc(-c3nc(-c4cc(-c5cccc6oc7ccccc7c56)c5ccccc5c4)nc(-c4cccc5oc6ccccc6c45)n3)c2)Cc2ccccc21. The van der Waals surface area contributed by atoms with Crippen LogP contribution in [0.1, 0.15) is 22.6 Å². The van der Waals surface area contributed by atoms with Gasteiger partial charge in [0.05, 0.1) is 0 Å². The van der Waals surface area contributed by atoms with Crippen LogP contribution >= 0.6 is 0 Å². The average Bonchev–Trinajstić information content (AvgIpc) is 3.87. The lowest BCUT2D eigenvalue weighted by molar-refractivity contribution is 0.668. The zero-order valence-electron chi connectivity index (χ0n) is 31.3. The molecule has 8 aromatic carbocycles. The largest absolute Gasteiger partial charge is 0.456 e. The van der Waals surface area contributed by atoms with Crippen LogP contribution in [0.15, 0.2) is 185 Å². The summed E-state index contributed by atoms with van der Waals surface area (Å²) in [4.78, 5) is 15.9. The maximum absolute atomic E-state index is 6.36. The van der Waals surface area contributed by atoms with Crippen molar-refractivity contribution in [3.8, 4) is 45.3 Å². The molecule has 0 saturated heterocycles. The molecular formula is C53H33N3O2. The Labute approximate surface area is 333 Å². The highest BCUT2D eigenvalue weighted by molar-refractivity contribution is 6.16. The van der Waals surface area contributed by atoms with E-state index in [1.165, 1.54) is 16.7 Å². The molecule has 3 aromatic heterocycles. The van der Waals surface area contributed by atoms with Gasteiger partial charge in [-0.3, -0.25) is 0 Å². The number of hydrogen-bond acceptors (Lipinski definition) is 5. The first-order chi connectivity index (χ1) is 28.7. The minimum atomic E-state index is 0.242. The molecule has 5 nitrogen and oxygen atoms in total. The van der Waals surface area contributed by atoms with E-state index in [-0.39, 0.29) is 5.92 Å². The molecule has 0 radical (unpaired) electrons. The minimum absolute atomic E-state index is 0.242. The van der Waals surface area contributed by atoms with Gasteiger partial charge < -0.3 is 8.83 Å². The van der Waals surface area contributed by atoms with E-state index >= 15 is 0 Å². The predicted octanol–water partition coefficient (Wildman–Crippen LogP) is 13.8. The van der Waals surface area contributed by atoms with Crippen LogP contribution in [0.3, 0.4) is 0 Å². The summed E-state index contributed by atoms with van der Waals surface area (Å²) < 4.78 is 12.7. The maximum Gasteiger partial charge on any atom is 0.164 e. The van der Waals surface area contributed by atoms with Gasteiger partial charge in [0, 0.05) is 44.2 Å². The van der Waals surface area contributed by atoms with Gasteiger partial charge in [-0.25, -0.2) is 15.0 Å². The van der Waals surface area contributed by atoms with E-state index < -0.39 is 0 Å². The predicted molar refractivity (Wildman–Crippen MR) is 236 cm³/mol.